The van der Waals surface area contributed by atoms with E-state index < -0.39 is 0 Å². The first kappa shape index (κ1) is 21.4. The lowest BCUT2D eigenvalue weighted by Gasteiger charge is -2.34. The lowest BCUT2D eigenvalue weighted by atomic mass is 9.97. The molecule has 0 aromatic carbocycles. The van der Waals surface area contributed by atoms with Crippen LogP contribution in [0.15, 0.2) is 23.3 Å². The van der Waals surface area contributed by atoms with E-state index in [9.17, 15) is 4.79 Å². The van der Waals surface area contributed by atoms with E-state index in [0.29, 0.717) is 6.54 Å². The van der Waals surface area contributed by atoms with Crippen molar-refractivity contribution in [3.63, 3.8) is 0 Å². The molecule has 3 rings (SSSR count). The van der Waals surface area contributed by atoms with Crippen LogP contribution in [0.5, 0.6) is 0 Å². The highest BCUT2D eigenvalue weighted by Gasteiger charge is 2.27. The Hall–Kier alpha value is -2.35. The SMILES string of the molecule is CCNC(=NCc1cccnc1N1CCN(C)CC1)N1CCC(C(=O)OC)CC1. The van der Waals surface area contributed by atoms with Crippen LogP contribution in [0.3, 0.4) is 0 Å². The number of rotatable bonds is 5. The molecule has 2 fully saturated rings. The van der Waals surface area contributed by atoms with E-state index in [1.54, 1.807) is 0 Å². The van der Waals surface area contributed by atoms with Crippen molar-refractivity contribution >= 4 is 17.7 Å². The number of piperazine rings is 1. The Kier molecular flexibility index (Phi) is 7.69. The summed E-state index contributed by atoms with van der Waals surface area (Å²) in [6.07, 6.45) is 3.47. The predicted molar refractivity (Wildman–Crippen MR) is 115 cm³/mol. The summed E-state index contributed by atoms with van der Waals surface area (Å²) >= 11 is 0. The number of nitrogens with one attached hydrogen (secondary N) is 1. The number of anilines is 1. The number of likely N-dealkylation sites (N-methyl/N-ethyl adjacent to an activating group) is 1. The van der Waals surface area contributed by atoms with Crippen molar-refractivity contribution in [2.75, 3.05) is 64.9 Å². The van der Waals surface area contributed by atoms with Crippen LogP contribution in [0, 0.1) is 5.92 Å². The highest BCUT2D eigenvalue weighted by molar-refractivity contribution is 5.80. The predicted octanol–water partition coefficient (Wildman–Crippen LogP) is 1.18. The molecule has 0 atom stereocenters. The molecular formula is C21H34N6O2. The van der Waals surface area contributed by atoms with Gasteiger partial charge in [0.05, 0.1) is 19.6 Å². The van der Waals surface area contributed by atoms with E-state index in [0.717, 1.165) is 76.0 Å². The molecule has 0 amide bonds. The molecule has 0 radical (unpaired) electrons. The zero-order valence-corrected chi connectivity index (χ0v) is 17.9. The summed E-state index contributed by atoms with van der Waals surface area (Å²) in [5.74, 6) is 1.86. The van der Waals surface area contributed by atoms with Crippen LogP contribution in [-0.2, 0) is 16.1 Å². The van der Waals surface area contributed by atoms with Crippen LogP contribution in [0.1, 0.15) is 25.3 Å². The second kappa shape index (κ2) is 10.4. The van der Waals surface area contributed by atoms with Gasteiger partial charge in [-0.2, -0.15) is 0 Å². The Bertz CT molecular complexity index is 694. The molecule has 1 aromatic heterocycles. The topological polar surface area (TPSA) is 73.3 Å². The van der Waals surface area contributed by atoms with Gasteiger partial charge in [-0.15, -0.1) is 0 Å². The summed E-state index contributed by atoms with van der Waals surface area (Å²) < 4.78 is 4.90. The molecule has 3 heterocycles. The molecule has 1 N–H and O–H groups in total. The van der Waals surface area contributed by atoms with Gasteiger partial charge in [0, 0.05) is 57.6 Å². The number of nitrogens with zero attached hydrogens (tertiary/aromatic N) is 5. The molecule has 0 spiro atoms. The van der Waals surface area contributed by atoms with Crippen molar-refractivity contribution in [2.24, 2.45) is 10.9 Å². The highest BCUT2D eigenvalue weighted by atomic mass is 16.5. The molecule has 2 aliphatic rings. The maximum Gasteiger partial charge on any atom is 0.308 e. The summed E-state index contributed by atoms with van der Waals surface area (Å²) in [5, 5.41) is 3.40. The number of guanidine groups is 1. The minimum atomic E-state index is -0.0984. The number of methoxy groups -OCH3 is 1. The zero-order valence-electron chi connectivity index (χ0n) is 17.9. The molecule has 1 aromatic rings. The Balaban J connectivity index is 1.67. The molecule has 0 aliphatic carbocycles. The molecule has 0 saturated carbocycles. The van der Waals surface area contributed by atoms with Crippen molar-refractivity contribution in [3.8, 4) is 0 Å². The first-order chi connectivity index (χ1) is 14.1. The van der Waals surface area contributed by atoms with Gasteiger partial charge in [-0.05, 0) is 32.9 Å². The lowest BCUT2D eigenvalue weighted by Crippen LogP contribution is -2.46. The van der Waals surface area contributed by atoms with Crippen LogP contribution < -0.4 is 10.2 Å². The van der Waals surface area contributed by atoms with Gasteiger partial charge in [-0.1, -0.05) is 6.07 Å². The number of esters is 1. The van der Waals surface area contributed by atoms with Crippen molar-refractivity contribution in [1.82, 2.24) is 20.1 Å². The molecule has 2 saturated heterocycles. The minimum Gasteiger partial charge on any atom is -0.469 e. The van der Waals surface area contributed by atoms with Crippen molar-refractivity contribution in [2.45, 2.75) is 26.3 Å². The van der Waals surface area contributed by atoms with Gasteiger partial charge >= 0.3 is 5.97 Å². The Morgan fingerprint density at radius 1 is 1.24 bits per heavy atom. The highest BCUT2D eigenvalue weighted by Crippen LogP contribution is 2.21. The molecule has 160 valence electrons. The fourth-order valence-corrected chi connectivity index (χ4v) is 3.94. The normalized spacial score (nSPS) is 19.3. The van der Waals surface area contributed by atoms with Gasteiger partial charge in [0.1, 0.15) is 5.82 Å². The van der Waals surface area contributed by atoms with Gasteiger partial charge < -0.3 is 24.8 Å². The number of carbonyl (C=O) groups is 1. The molecule has 0 unspecified atom stereocenters. The molecule has 2 aliphatic heterocycles. The smallest absolute Gasteiger partial charge is 0.308 e. The Labute approximate surface area is 173 Å². The average molecular weight is 403 g/mol. The second-order valence-electron chi connectivity index (χ2n) is 7.73. The summed E-state index contributed by atoms with van der Waals surface area (Å²) in [6, 6.07) is 4.11. The lowest BCUT2D eigenvalue weighted by molar-refractivity contribution is -0.146. The summed E-state index contributed by atoms with van der Waals surface area (Å²) in [5.41, 5.74) is 1.15. The minimum absolute atomic E-state index is 0.00119. The number of likely N-dealkylation sites (tertiary alicyclic amines) is 1. The van der Waals surface area contributed by atoms with Gasteiger partial charge in [0.25, 0.3) is 0 Å². The number of piperidine rings is 1. The quantitative estimate of drug-likeness (QED) is 0.450. The monoisotopic (exact) mass is 402 g/mol. The number of aliphatic imine (C=N–C) groups is 1. The third-order valence-corrected chi connectivity index (χ3v) is 5.73. The van der Waals surface area contributed by atoms with Crippen LogP contribution in [0.25, 0.3) is 0 Å². The second-order valence-corrected chi connectivity index (χ2v) is 7.73. The fraction of sp³-hybridized carbons (Fsp3) is 0.667. The molecule has 29 heavy (non-hydrogen) atoms. The van der Waals surface area contributed by atoms with E-state index in [4.69, 9.17) is 9.73 Å². The number of hydrogen-bond donors (Lipinski definition) is 1. The first-order valence-electron chi connectivity index (χ1n) is 10.6. The van der Waals surface area contributed by atoms with Crippen LogP contribution in [0.2, 0.25) is 0 Å². The standard InChI is InChI=1S/C21H34N6O2/c1-4-22-21(27-10-7-17(8-11-27)20(28)29-3)24-16-18-6-5-9-23-19(18)26-14-12-25(2)13-15-26/h5-6,9,17H,4,7-8,10-16H2,1-3H3,(H,22,24). The third-order valence-electron chi connectivity index (χ3n) is 5.73. The van der Waals surface area contributed by atoms with Gasteiger partial charge in [0.15, 0.2) is 5.96 Å². The summed E-state index contributed by atoms with van der Waals surface area (Å²) in [4.78, 5) is 28.3. The maximum atomic E-state index is 11.8. The van der Waals surface area contributed by atoms with Gasteiger partial charge in [-0.25, -0.2) is 9.98 Å². The van der Waals surface area contributed by atoms with E-state index in [1.807, 2.05) is 12.3 Å². The van der Waals surface area contributed by atoms with E-state index >= 15 is 0 Å². The van der Waals surface area contributed by atoms with Crippen molar-refractivity contribution in [3.05, 3.63) is 23.9 Å². The van der Waals surface area contributed by atoms with Gasteiger partial charge in [-0.3, -0.25) is 4.79 Å². The number of hydrogen-bond acceptors (Lipinski definition) is 6. The van der Waals surface area contributed by atoms with Crippen molar-refractivity contribution < 1.29 is 9.53 Å². The maximum absolute atomic E-state index is 11.8. The van der Waals surface area contributed by atoms with Crippen LogP contribution in [-0.4, -0.2) is 86.7 Å². The number of carbonyl (C=O) groups excluding carboxylic acids is 1. The number of aromatic nitrogens is 1. The van der Waals surface area contributed by atoms with Gasteiger partial charge in [0.2, 0.25) is 0 Å². The zero-order chi connectivity index (χ0) is 20.6. The molecule has 0 bridgehead atoms. The van der Waals surface area contributed by atoms with E-state index in [-0.39, 0.29) is 11.9 Å². The summed E-state index contributed by atoms with van der Waals surface area (Å²) in [6.45, 7) is 9.19. The molecular weight excluding hydrogens is 368 g/mol. The Morgan fingerprint density at radius 3 is 2.62 bits per heavy atom. The van der Waals surface area contributed by atoms with Crippen molar-refractivity contribution in [1.29, 1.82) is 0 Å². The number of pyridine rings is 1. The third kappa shape index (κ3) is 5.59. The van der Waals surface area contributed by atoms with Crippen LogP contribution >= 0.6 is 0 Å². The number of ether oxygens (including phenoxy) is 1. The van der Waals surface area contributed by atoms with E-state index in [1.165, 1.54) is 7.11 Å². The average Bonchev–Trinajstić information content (AvgIpc) is 2.77. The Morgan fingerprint density at radius 2 is 1.97 bits per heavy atom. The summed E-state index contributed by atoms with van der Waals surface area (Å²) in [7, 11) is 3.62. The first-order valence-corrected chi connectivity index (χ1v) is 10.6. The van der Waals surface area contributed by atoms with E-state index in [2.05, 4.69) is 45.0 Å². The molecule has 8 heteroatoms. The molecule has 8 nitrogen and oxygen atoms in total. The largest absolute Gasteiger partial charge is 0.469 e. The fourth-order valence-electron chi connectivity index (χ4n) is 3.94. The van der Waals surface area contributed by atoms with Crippen LogP contribution in [0.4, 0.5) is 5.82 Å².